The van der Waals surface area contributed by atoms with Gasteiger partial charge in [-0.1, -0.05) is 96.1 Å². The number of aliphatic hydroxyl groups excluding tert-OH is 2. The number of ether oxygens (including phenoxy) is 1. The number of esters is 1. The molecule has 24 nitrogen and oxygen atoms in total. The lowest BCUT2D eigenvalue weighted by atomic mass is 9.91. The van der Waals surface area contributed by atoms with E-state index in [-0.39, 0.29) is 48.9 Å². The fraction of sp³-hybridized carbons (Fsp3) is 0.778. The second kappa shape index (κ2) is 36.0. The van der Waals surface area contributed by atoms with Crippen LogP contribution in [0.15, 0.2) is 24.4 Å². The van der Waals surface area contributed by atoms with Gasteiger partial charge in [0.25, 0.3) is 0 Å². The molecule has 24 heteroatoms. The first kappa shape index (κ1) is 77.3. The first-order valence-electron chi connectivity index (χ1n) is 31.2. The third kappa shape index (κ3) is 23.9. The number of carbonyl (C=O) groups is 9. The molecule has 3 unspecified atom stereocenters. The molecule has 1 fully saturated rings. The topological polar surface area (TPSA) is 287 Å². The lowest BCUT2D eigenvalue weighted by Crippen LogP contribution is -2.64. The zero-order chi connectivity index (χ0) is 66.6. The molecule has 0 radical (unpaired) electrons. The van der Waals surface area contributed by atoms with Crippen molar-refractivity contribution >= 4 is 53.4 Å². The summed E-state index contributed by atoms with van der Waals surface area (Å²) in [6, 6.07) is -3.80. The van der Waals surface area contributed by atoms with Crippen molar-refractivity contribution in [2.24, 2.45) is 41.4 Å². The molecule has 0 spiro atoms. The fourth-order valence-electron chi connectivity index (χ4n) is 10.9. The fourth-order valence-corrected chi connectivity index (χ4v) is 10.9. The number of nitrogens with one attached hydrogen (secondary N) is 4. The Hall–Kier alpha value is -5.82. The van der Waals surface area contributed by atoms with Gasteiger partial charge in [0, 0.05) is 48.0 Å². The summed E-state index contributed by atoms with van der Waals surface area (Å²) >= 11 is 0. The maximum Gasteiger partial charge on any atom is 0.417 e. The summed E-state index contributed by atoms with van der Waals surface area (Å²) in [6.07, 6.45) is -2.16. The zero-order valence-corrected chi connectivity index (χ0v) is 56.6. The molecule has 496 valence electrons. The van der Waals surface area contributed by atoms with E-state index >= 15 is 9.59 Å². The van der Waals surface area contributed by atoms with Crippen LogP contribution >= 0.6 is 0 Å². The number of amides is 8. The first-order chi connectivity index (χ1) is 40.3. The van der Waals surface area contributed by atoms with Crippen molar-refractivity contribution in [2.45, 2.75) is 216 Å². The van der Waals surface area contributed by atoms with Gasteiger partial charge in [-0.2, -0.15) is 0 Å². The van der Waals surface area contributed by atoms with Crippen LogP contribution in [0.2, 0.25) is 0 Å². The number of hydrogen-bond donors (Lipinski definition) is 6. The van der Waals surface area contributed by atoms with Crippen molar-refractivity contribution in [2.75, 3.05) is 62.4 Å². The molecule has 2 heterocycles. The van der Waals surface area contributed by atoms with Gasteiger partial charge in [0.05, 0.1) is 36.8 Å². The minimum absolute atomic E-state index is 0.0475. The van der Waals surface area contributed by atoms with Gasteiger partial charge in [-0.15, -0.1) is 0 Å². The van der Waals surface area contributed by atoms with E-state index in [1.54, 1.807) is 40.9 Å². The number of pyridine rings is 1. The van der Waals surface area contributed by atoms with Gasteiger partial charge < -0.3 is 55.4 Å². The predicted molar refractivity (Wildman–Crippen MR) is 334 cm³/mol. The van der Waals surface area contributed by atoms with Crippen LogP contribution in [0.25, 0.3) is 0 Å². The maximum atomic E-state index is 15.2. The van der Waals surface area contributed by atoms with Crippen LogP contribution in [-0.4, -0.2) is 232 Å². The molecule has 0 aromatic carbocycles. The Kier molecular flexibility index (Phi) is 32.0. The Morgan fingerprint density at radius 3 is 1.63 bits per heavy atom. The molecule has 1 saturated heterocycles. The zero-order valence-electron chi connectivity index (χ0n) is 56.6. The molecule has 1 aliphatic rings. The second-order valence-electron chi connectivity index (χ2n) is 26.9. The quantitative estimate of drug-likeness (QED) is 0.0850. The molecule has 8 amide bonds. The summed E-state index contributed by atoms with van der Waals surface area (Å²) in [5.74, 6) is -7.74. The Bertz CT molecular complexity index is 2390. The number of aliphatic hydroxyl groups is 2. The number of nitrogens with zero attached hydrogens (tertiary/aromatic N) is 8. The van der Waals surface area contributed by atoms with Crippen molar-refractivity contribution in [1.82, 2.24) is 60.6 Å². The largest absolute Gasteiger partial charge is 0.417 e. The van der Waals surface area contributed by atoms with E-state index < -0.39 is 139 Å². The number of aromatic nitrogens is 1. The van der Waals surface area contributed by atoms with Crippen LogP contribution < -0.4 is 21.3 Å². The van der Waals surface area contributed by atoms with Crippen LogP contribution in [0.4, 0.5) is 4.79 Å². The smallest absolute Gasteiger partial charge is 0.391 e. The van der Waals surface area contributed by atoms with E-state index in [0.29, 0.717) is 32.4 Å². The highest BCUT2D eigenvalue weighted by Gasteiger charge is 2.45. The Morgan fingerprint density at radius 1 is 0.609 bits per heavy atom. The standard InChI is InChI=1S/C63H112N12O12/c1-36(2)29-46-59(82)74(21)53(41(11)12)61(84)75(22)54(55(78)42(13)26-28-69(16)34-45-25-23-24-27-64-45)58(81)68-52(44(15)76)60(83)70(17)35-51(77)71(18)47(30-37(3)4)57(80)67-50(33-40(9)10)73(20)49(32-39(7)8)65-43(14)62(85)87-63(86)72(19)48(31-38(5)6)56(79)66-46/h23-25,27,36-44,46-50,52-55,65,76,78H,26,28-35H2,1-22H3,(H,66,79)(H,67,80)(H,68,81)/t42-,43-,44-,46-,47+,48-,49-,50+,52?,53?,54?,55-/m1/s1. The summed E-state index contributed by atoms with van der Waals surface area (Å²) in [5.41, 5.74) is 0.810. The first-order valence-corrected chi connectivity index (χ1v) is 31.2. The summed E-state index contributed by atoms with van der Waals surface area (Å²) in [5, 5.41) is 35.6. The van der Waals surface area contributed by atoms with Gasteiger partial charge in [0.2, 0.25) is 41.4 Å². The van der Waals surface area contributed by atoms with Crippen LogP contribution in [0.3, 0.4) is 0 Å². The molecule has 2 rings (SSSR count). The molecular formula is C63H112N12O12. The SMILES string of the molecule is CC(C)C[C@@H]1C(=O)N[C@H](CC(C)C)C(=O)N(C)C(C(C)C)C(=O)N(C)C([C@H](O)[C@H](C)CCN(C)Cc2ccccn2)C(=O)NC([C@@H](C)O)C(=O)N(C)CC(=O)N(C)[C@@H](CC(C)C)C(=O)N[C@H](CC(C)C)N(C)[C@H](CC(C)C)N[C@H](C)C(=O)OC(=O)N1C. The highest BCUT2D eigenvalue weighted by Crippen LogP contribution is 2.25. The van der Waals surface area contributed by atoms with Crippen LogP contribution in [0.1, 0.15) is 148 Å². The maximum absolute atomic E-state index is 15.2. The van der Waals surface area contributed by atoms with E-state index in [9.17, 15) is 43.8 Å². The van der Waals surface area contributed by atoms with Crippen LogP contribution in [0, 0.1) is 41.4 Å². The van der Waals surface area contributed by atoms with Crippen molar-refractivity contribution in [3.05, 3.63) is 30.1 Å². The van der Waals surface area contributed by atoms with Crippen molar-refractivity contribution in [3.8, 4) is 0 Å². The average Bonchev–Trinajstić information content (AvgIpc) is 3.49. The third-order valence-corrected chi connectivity index (χ3v) is 16.1. The van der Waals surface area contributed by atoms with E-state index in [1.807, 2.05) is 104 Å². The third-order valence-electron chi connectivity index (χ3n) is 16.1. The van der Waals surface area contributed by atoms with E-state index in [1.165, 1.54) is 52.0 Å². The Balaban J connectivity index is 2.96. The molecular weight excluding hydrogens is 1120 g/mol. The molecule has 0 aliphatic carbocycles. The van der Waals surface area contributed by atoms with E-state index in [0.717, 1.165) is 20.4 Å². The predicted octanol–water partition coefficient (Wildman–Crippen LogP) is 3.73. The van der Waals surface area contributed by atoms with Crippen molar-refractivity contribution in [1.29, 1.82) is 0 Å². The highest BCUT2D eigenvalue weighted by atomic mass is 16.6. The second-order valence-corrected chi connectivity index (χ2v) is 26.9. The molecule has 12 atom stereocenters. The minimum Gasteiger partial charge on any atom is -0.391 e. The molecule has 0 saturated carbocycles. The van der Waals surface area contributed by atoms with Gasteiger partial charge in [-0.05, 0) is 127 Å². The van der Waals surface area contributed by atoms with E-state index in [4.69, 9.17) is 4.74 Å². The number of carbonyl (C=O) groups excluding carboxylic acids is 9. The monoisotopic (exact) mass is 1230 g/mol. The highest BCUT2D eigenvalue weighted by molar-refractivity contribution is 5.98. The van der Waals surface area contributed by atoms with Gasteiger partial charge in [0.15, 0.2) is 0 Å². The van der Waals surface area contributed by atoms with Gasteiger partial charge >= 0.3 is 12.1 Å². The van der Waals surface area contributed by atoms with Crippen LogP contribution in [-0.2, 0) is 49.6 Å². The Morgan fingerprint density at radius 2 is 1.13 bits per heavy atom. The molecule has 87 heavy (non-hydrogen) atoms. The number of hydrogen-bond acceptors (Lipinski definition) is 16. The lowest BCUT2D eigenvalue weighted by molar-refractivity contribution is -0.155. The molecule has 6 N–H and O–H groups in total. The summed E-state index contributed by atoms with van der Waals surface area (Å²) in [6.45, 7) is 27.5. The van der Waals surface area contributed by atoms with Gasteiger partial charge in [-0.25, -0.2) is 9.59 Å². The Labute approximate surface area is 519 Å². The lowest BCUT2D eigenvalue weighted by Gasteiger charge is -2.40. The van der Waals surface area contributed by atoms with Crippen molar-refractivity contribution < 1.29 is 58.1 Å². The van der Waals surface area contributed by atoms with Gasteiger partial charge in [-0.3, -0.25) is 53.7 Å². The average molecular weight is 1230 g/mol. The number of cyclic esters (lactones) is 2. The molecule has 1 aromatic heterocycles. The van der Waals surface area contributed by atoms with Gasteiger partial charge in [0.1, 0.15) is 42.3 Å². The summed E-state index contributed by atoms with van der Waals surface area (Å²) < 4.78 is 5.49. The number of likely N-dealkylation sites (N-methyl/N-ethyl adjacent to an activating group) is 5. The molecule has 1 aliphatic heterocycles. The summed E-state index contributed by atoms with van der Waals surface area (Å²) in [4.78, 5) is 145. The minimum atomic E-state index is -1.73. The van der Waals surface area contributed by atoms with Crippen molar-refractivity contribution in [3.63, 3.8) is 0 Å². The molecule has 0 bridgehead atoms. The normalized spacial score (nSPS) is 25.7. The summed E-state index contributed by atoms with van der Waals surface area (Å²) in [7, 11) is 10.5. The number of rotatable bonds is 19. The van der Waals surface area contributed by atoms with E-state index in [2.05, 4.69) is 26.3 Å². The molecule has 1 aromatic rings. The van der Waals surface area contributed by atoms with Crippen LogP contribution in [0.5, 0.6) is 0 Å².